The molecule has 3 rings (SSSR count). The van der Waals surface area contributed by atoms with Crippen molar-refractivity contribution in [3.05, 3.63) is 76.3 Å². The molecule has 1 amide bonds. The highest BCUT2D eigenvalue weighted by molar-refractivity contribution is 9.10. The van der Waals surface area contributed by atoms with Gasteiger partial charge in [0.2, 0.25) is 0 Å². The number of ether oxygens (including phenoxy) is 5. The molecule has 0 aromatic heterocycles. The maximum Gasteiger partial charge on any atom is 0.343 e. The van der Waals surface area contributed by atoms with E-state index in [4.69, 9.17) is 23.7 Å². The second kappa shape index (κ2) is 13.1. The van der Waals surface area contributed by atoms with Crippen LogP contribution in [0.15, 0.2) is 70.2 Å². The molecule has 0 heterocycles. The first-order valence-corrected chi connectivity index (χ1v) is 11.6. The van der Waals surface area contributed by atoms with Gasteiger partial charge in [0.15, 0.2) is 29.6 Å². The van der Waals surface area contributed by atoms with Crippen molar-refractivity contribution in [1.82, 2.24) is 5.43 Å². The second-order valence-electron chi connectivity index (χ2n) is 7.11. The summed E-state index contributed by atoms with van der Waals surface area (Å²) >= 11 is 3.35. The van der Waals surface area contributed by atoms with E-state index in [1.165, 1.54) is 26.5 Å². The Kier molecular flexibility index (Phi) is 9.70. The van der Waals surface area contributed by atoms with Crippen LogP contribution in [0, 0.1) is 0 Å². The molecule has 0 spiro atoms. The van der Waals surface area contributed by atoms with Crippen LogP contribution in [-0.4, -0.2) is 45.5 Å². The molecule has 0 aliphatic rings. The van der Waals surface area contributed by atoms with Gasteiger partial charge in [-0.1, -0.05) is 12.1 Å². The number of nitrogens with one attached hydrogen (secondary N) is 1. The van der Waals surface area contributed by atoms with E-state index in [0.29, 0.717) is 35.2 Å². The van der Waals surface area contributed by atoms with Gasteiger partial charge in [0.25, 0.3) is 5.91 Å². The summed E-state index contributed by atoms with van der Waals surface area (Å²) in [6.45, 7) is 1.96. The van der Waals surface area contributed by atoms with Crippen LogP contribution in [0.25, 0.3) is 0 Å². The zero-order valence-corrected chi connectivity index (χ0v) is 21.5. The predicted octanol–water partition coefficient (Wildman–Crippen LogP) is 4.61. The van der Waals surface area contributed by atoms with Crippen LogP contribution in [0.3, 0.4) is 0 Å². The number of para-hydroxylation sites is 1. The van der Waals surface area contributed by atoms with E-state index in [1.54, 1.807) is 42.5 Å². The van der Waals surface area contributed by atoms with Gasteiger partial charge < -0.3 is 23.7 Å². The highest BCUT2D eigenvalue weighted by atomic mass is 79.9. The molecule has 0 atom stereocenters. The number of esters is 1. The molecule has 1 N–H and O–H groups in total. The van der Waals surface area contributed by atoms with Crippen molar-refractivity contribution in [1.29, 1.82) is 0 Å². The van der Waals surface area contributed by atoms with Crippen LogP contribution in [-0.2, 0) is 4.79 Å². The van der Waals surface area contributed by atoms with Gasteiger partial charge in [-0.2, -0.15) is 5.10 Å². The van der Waals surface area contributed by atoms with E-state index in [-0.39, 0.29) is 17.9 Å². The first kappa shape index (κ1) is 26.6. The minimum atomic E-state index is -0.587. The highest BCUT2D eigenvalue weighted by Crippen LogP contribution is 2.31. The van der Waals surface area contributed by atoms with Crippen molar-refractivity contribution in [2.24, 2.45) is 5.10 Å². The average Bonchev–Trinajstić information content (AvgIpc) is 2.89. The van der Waals surface area contributed by atoms with Crippen molar-refractivity contribution >= 4 is 34.0 Å². The van der Waals surface area contributed by atoms with Crippen LogP contribution in [0.4, 0.5) is 0 Å². The number of rotatable bonds is 11. The van der Waals surface area contributed by atoms with Gasteiger partial charge in [-0.25, -0.2) is 10.2 Å². The van der Waals surface area contributed by atoms with Gasteiger partial charge in [-0.15, -0.1) is 0 Å². The maximum atomic E-state index is 12.7. The molecule has 9 nitrogen and oxygen atoms in total. The van der Waals surface area contributed by atoms with Crippen LogP contribution in [0.5, 0.6) is 28.7 Å². The number of hydrogen-bond acceptors (Lipinski definition) is 8. The van der Waals surface area contributed by atoms with E-state index >= 15 is 0 Å². The lowest BCUT2D eigenvalue weighted by Gasteiger charge is -2.12. The zero-order chi connectivity index (χ0) is 25.9. The molecule has 0 bridgehead atoms. The van der Waals surface area contributed by atoms with Crippen LogP contribution in [0.1, 0.15) is 22.8 Å². The quantitative estimate of drug-likeness (QED) is 0.159. The van der Waals surface area contributed by atoms with E-state index in [2.05, 4.69) is 26.5 Å². The zero-order valence-electron chi connectivity index (χ0n) is 19.9. The molecule has 3 aromatic rings. The third-order valence-corrected chi connectivity index (χ3v) is 5.34. The Hall–Kier alpha value is -4.05. The fraction of sp³-hybridized carbons (Fsp3) is 0.192. The normalized spacial score (nSPS) is 10.6. The number of amides is 1. The Bertz CT molecular complexity index is 1250. The molecule has 36 heavy (non-hydrogen) atoms. The second-order valence-corrected chi connectivity index (χ2v) is 7.97. The lowest BCUT2D eigenvalue weighted by Crippen LogP contribution is -2.24. The van der Waals surface area contributed by atoms with Gasteiger partial charge >= 0.3 is 5.97 Å². The summed E-state index contributed by atoms with van der Waals surface area (Å²) in [4.78, 5) is 24.7. The monoisotopic (exact) mass is 556 g/mol. The Morgan fingerprint density at radius 3 is 2.36 bits per heavy atom. The first-order chi connectivity index (χ1) is 17.4. The Balaban J connectivity index is 1.63. The fourth-order valence-electron chi connectivity index (χ4n) is 3.00. The first-order valence-electron chi connectivity index (χ1n) is 10.9. The summed E-state index contributed by atoms with van der Waals surface area (Å²) in [5, 5.41) is 3.95. The molecule has 3 aromatic carbocycles. The Morgan fingerprint density at radius 2 is 1.64 bits per heavy atom. The van der Waals surface area contributed by atoms with Gasteiger partial charge in [0.1, 0.15) is 5.75 Å². The minimum Gasteiger partial charge on any atom is -0.493 e. The Morgan fingerprint density at radius 1 is 0.889 bits per heavy atom. The number of hydrazone groups is 1. The molecular formula is C26H25BrN2O7. The van der Waals surface area contributed by atoms with E-state index in [1.807, 2.05) is 19.1 Å². The van der Waals surface area contributed by atoms with E-state index < -0.39 is 11.9 Å². The highest BCUT2D eigenvalue weighted by Gasteiger charge is 2.16. The molecule has 10 heteroatoms. The number of carbonyl (C=O) groups is 2. The van der Waals surface area contributed by atoms with Gasteiger partial charge in [-0.05, 0) is 76.9 Å². The van der Waals surface area contributed by atoms with Gasteiger partial charge in [0, 0.05) is 0 Å². The SMILES string of the molecule is CCOc1cc(/C=N\NC(=O)COc2ccccc2Br)ccc1OC(=O)c1ccc(OC)c(OC)c1. The molecule has 0 fully saturated rings. The molecule has 0 aliphatic heterocycles. The largest absolute Gasteiger partial charge is 0.493 e. The Labute approximate surface area is 217 Å². The van der Waals surface area contributed by atoms with Crippen LogP contribution in [0.2, 0.25) is 0 Å². The summed E-state index contributed by atoms with van der Waals surface area (Å²) in [5.74, 6) is 1.03. The molecule has 0 saturated heterocycles. The van der Waals surface area contributed by atoms with E-state index in [9.17, 15) is 9.59 Å². The number of methoxy groups -OCH3 is 2. The van der Waals surface area contributed by atoms with Crippen molar-refractivity contribution < 1.29 is 33.3 Å². The molecule has 188 valence electrons. The molecular weight excluding hydrogens is 532 g/mol. The number of nitrogens with zero attached hydrogens (tertiary/aromatic N) is 1. The smallest absolute Gasteiger partial charge is 0.343 e. The van der Waals surface area contributed by atoms with Crippen molar-refractivity contribution in [3.63, 3.8) is 0 Å². The third kappa shape index (κ3) is 7.22. The maximum absolute atomic E-state index is 12.7. The number of hydrogen-bond donors (Lipinski definition) is 1. The topological polar surface area (TPSA) is 105 Å². The fourth-order valence-corrected chi connectivity index (χ4v) is 3.39. The summed E-state index contributed by atoms with van der Waals surface area (Å²) < 4.78 is 27.8. The molecule has 0 radical (unpaired) electrons. The summed E-state index contributed by atoms with van der Waals surface area (Å²) in [6, 6.07) is 16.9. The average molecular weight is 557 g/mol. The molecule has 0 unspecified atom stereocenters. The number of carbonyl (C=O) groups excluding carboxylic acids is 2. The van der Waals surface area contributed by atoms with Crippen LogP contribution >= 0.6 is 15.9 Å². The predicted molar refractivity (Wildman–Crippen MR) is 137 cm³/mol. The van der Waals surface area contributed by atoms with Crippen LogP contribution < -0.4 is 29.1 Å². The number of benzene rings is 3. The van der Waals surface area contributed by atoms with Crippen molar-refractivity contribution in [3.8, 4) is 28.7 Å². The summed E-state index contributed by atoms with van der Waals surface area (Å²) in [7, 11) is 3.00. The number of halogens is 1. The standard InChI is InChI=1S/C26H25BrN2O7/c1-4-34-24-13-17(15-28-29-25(30)16-35-20-8-6-5-7-19(20)27)9-11-22(24)36-26(31)18-10-12-21(32-2)23(14-18)33-3/h5-15H,4,16H2,1-3H3,(H,29,30)/b28-15-. The molecule has 0 saturated carbocycles. The minimum absolute atomic E-state index is 0.199. The third-order valence-electron chi connectivity index (χ3n) is 4.69. The lowest BCUT2D eigenvalue weighted by atomic mass is 10.2. The van der Waals surface area contributed by atoms with Gasteiger partial charge in [-0.3, -0.25) is 4.79 Å². The molecule has 0 aliphatic carbocycles. The summed E-state index contributed by atoms with van der Waals surface area (Å²) in [6.07, 6.45) is 1.44. The lowest BCUT2D eigenvalue weighted by molar-refractivity contribution is -0.123. The van der Waals surface area contributed by atoms with Gasteiger partial charge in [0.05, 0.1) is 37.1 Å². The van der Waals surface area contributed by atoms with Crippen molar-refractivity contribution in [2.45, 2.75) is 6.92 Å². The summed E-state index contributed by atoms with van der Waals surface area (Å²) in [5.41, 5.74) is 3.31. The van der Waals surface area contributed by atoms with Crippen molar-refractivity contribution in [2.75, 3.05) is 27.4 Å². The van der Waals surface area contributed by atoms with E-state index in [0.717, 1.165) is 4.47 Å².